The molecule has 4 N–H and O–H groups in total. The highest BCUT2D eigenvalue weighted by Gasteiger charge is 2.11. The first kappa shape index (κ1) is 17.2. The molecule has 2 aromatic heterocycles. The molecule has 0 radical (unpaired) electrons. The van der Waals surface area contributed by atoms with Crippen LogP contribution in [0, 0.1) is 5.82 Å². The zero-order valence-corrected chi connectivity index (χ0v) is 14.4. The number of amides is 2. The van der Waals surface area contributed by atoms with Crippen LogP contribution in [0.3, 0.4) is 0 Å². The number of benzene rings is 1. The summed E-state index contributed by atoms with van der Waals surface area (Å²) >= 11 is 2.59. The van der Waals surface area contributed by atoms with Gasteiger partial charge in [-0.25, -0.2) is 9.37 Å². The number of rotatable bonds is 6. The molecule has 0 saturated carbocycles. The van der Waals surface area contributed by atoms with E-state index in [1.807, 2.05) is 0 Å². The van der Waals surface area contributed by atoms with Gasteiger partial charge in [-0.3, -0.25) is 9.59 Å². The lowest BCUT2D eigenvalue weighted by Gasteiger charge is -2.02. The number of aromatic amines is 1. The minimum Gasteiger partial charge on any atom is -0.364 e. The third-order valence-electron chi connectivity index (χ3n) is 3.18. The van der Waals surface area contributed by atoms with Crippen LogP contribution in [0.2, 0.25) is 0 Å². The SMILES string of the molecule is NC(=O)c1cc(-c2csc(NC(=O)CSc3ccc(F)cc3)n2)c[nH]1. The largest absolute Gasteiger partial charge is 0.364 e. The smallest absolute Gasteiger partial charge is 0.265 e. The number of hydrogen-bond donors (Lipinski definition) is 3. The van der Waals surface area contributed by atoms with Crippen molar-refractivity contribution in [1.82, 2.24) is 9.97 Å². The molecule has 128 valence electrons. The molecule has 0 aliphatic rings. The van der Waals surface area contributed by atoms with Crippen LogP contribution >= 0.6 is 23.1 Å². The number of thiazole rings is 1. The number of thioether (sulfide) groups is 1. The van der Waals surface area contributed by atoms with E-state index < -0.39 is 5.91 Å². The molecule has 2 heterocycles. The highest BCUT2D eigenvalue weighted by atomic mass is 32.2. The fourth-order valence-electron chi connectivity index (χ4n) is 1.98. The van der Waals surface area contributed by atoms with Crippen LogP contribution in [0.15, 0.2) is 46.8 Å². The monoisotopic (exact) mass is 376 g/mol. The number of nitrogens with zero attached hydrogens (tertiary/aromatic N) is 1. The van der Waals surface area contributed by atoms with E-state index in [9.17, 15) is 14.0 Å². The molecule has 0 atom stereocenters. The summed E-state index contributed by atoms with van der Waals surface area (Å²) in [7, 11) is 0. The van der Waals surface area contributed by atoms with Crippen molar-refractivity contribution in [2.45, 2.75) is 4.90 Å². The van der Waals surface area contributed by atoms with E-state index in [1.54, 1.807) is 29.8 Å². The van der Waals surface area contributed by atoms with Gasteiger partial charge in [0.25, 0.3) is 5.91 Å². The summed E-state index contributed by atoms with van der Waals surface area (Å²) in [5.41, 5.74) is 6.84. The molecule has 0 aliphatic carbocycles. The van der Waals surface area contributed by atoms with Crippen molar-refractivity contribution in [3.05, 3.63) is 53.4 Å². The molecule has 25 heavy (non-hydrogen) atoms. The molecular formula is C16H13FN4O2S2. The average molecular weight is 376 g/mol. The maximum atomic E-state index is 12.8. The Morgan fingerprint density at radius 2 is 2.08 bits per heavy atom. The van der Waals surface area contributed by atoms with E-state index in [0.717, 1.165) is 4.90 Å². The molecule has 0 spiro atoms. The third kappa shape index (κ3) is 4.46. The van der Waals surface area contributed by atoms with Crippen molar-refractivity contribution in [3.63, 3.8) is 0 Å². The number of primary amides is 1. The van der Waals surface area contributed by atoms with Gasteiger partial charge in [-0.05, 0) is 30.3 Å². The van der Waals surface area contributed by atoms with E-state index >= 15 is 0 Å². The summed E-state index contributed by atoms with van der Waals surface area (Å²) in [5, 5.41) is 4.95. The Labute approximate surface area is 150 Å². The van der Waals surface area contributed by atoms with Crippen LogP contribution in [0.25, 0.3) is 11.3 Å². The zero-order valence-electron chi connectivity index (χ0n) is 12.8. The molecule has 9 heteroatoms. The van der Waals surface area contributed by atoms with Gasteiger partial charge >= 0.3 is 0 Å². The number of carbonyl (C=O) groups excluding carboxylic acids is 2. The van der Waals surface area contributed by atoms with Gasteiger partial charge in [0.15, 0.2) is 5.13 Å². The van der Waals surface area contributed by atoms with Crippen LogP contribution in [0.5, 0.6) is 0 Å². The molecule has 2 amide bonds. The maximum Gasteiger partial charge on any atom is 0.265 e. The normalized spacial score (nSPS) is 10.6. The zero-order chi connectivity index (χ0) is 17.8. The summed E-state index contributed by atoms with van der Waals surface area (Å²) in [4.78, 5) is 31.0. The predicted molar refractivity (Wildman–Crippen MR) is 96.2 cm³/mol. The molecule has 3 rings (SSSR count). The lowest BCUT2D eigenvalue weighted by molar-refractivity contribution is -0.113. The first-order chi connectivity index (χ1) is 12.0. The van der Waals surface area contributed by atoms with E-state index in [1.165, 1.54) is 35.2 Å². The summed E-state index contributed by atoms with van der Waals surface area (Å²) in [5.74, 6) is -0.875. The molecule has 0 unspecified atom stereocenters. The lowest BCUT2D eigenvalue weighted by Crippen LogP contribution is -2.13. The Bertz CT molecular complexity index is 905. The van der Waals surface area contributed by atoms with Crippen molar-refractivity contribution in [1.29, 1.82) is 0 Å². The van der Waals surface area contributed by atoms with Crippen LogP contribution in [-0.2, 0) is 4.79 Å². The van der Waals surface area contributed by atoms with Crippen molar-refractivity contribution >= 4 is 40.0 Å². The number of carbonyl (C=O) groups is 2. The Hall–Kier alpha value is -2.65. The van der Waals surface area contributed by atoms with Gasteiger partial charge in [-0.2, -0.15) is 0 Å². The highest BCUT2D eigenvalue weighted by Crippen LogP contribution is 2.26. The predicted octanol–water partition coefficient (Wildman–Crippen LogP) is 3.11. The average Bonchev–Trinajstić information content (AvgIpc) is 3.23. The van der Waals surface area contributed by atoms with Crippen LogP contribution < -0.4 is 11.1 Å². The standard InChI is InChI=1S/C16H13FN4O2S2/c17-10-1-3-11(4-2-10)24-8-14(22)21-16-20-13(7-25-16)9-5-12(15(18)23)19-6-9/h1-7,19H,8H2,(H2,18,23)(H,20,21,22). The molecule has 6 nitrogen and oxygen atoms in total. The highest BCUT2D eigenvalue weighted by molar-refractivity contribution is 8.00. The quantitative estimate of drug-likeness (QED) is 0.575. The number of nitrogens with two attached hydrogens (primary N) is 1. The molecular weight excluding hydrogens is 363 g/mol. The van der Waals surface area contributed by atoms with Gasteiger partial charge in [0, 0.05) is 22.0 Å². The summed E-state index contributed by atoms with van der Waals surface area (Å²) in [6.07, 6.45) is 1.63. The van der Waals surface area contributed by atoms with Crippen molar-refractivity contribution in [3.8, 4) is 11.3 Å². The van der Waals surface area contributed by atoms with Gasteiger partial charge < -0.3 is 16.0 Å². The number of nitrogens with one attached hydrogen (secondary N) is 2. The molecule has 0 bridgehead atoms. The van der Waals surface area contributed by atoms with E-state index in [2.05, 4.69) is 15.3 Å². The van der Waals surface area contributed by atoms with Crippen molar-refractivity contribution in [2.75, 3.05) is 11.1 Å². The number of halogens is 1. The second-order valence-corrected chi connectivity index (χ2v) is 6.90. The van der Waals surface area contributed by atoms with Crippen LogP contribution in [0.4, 0.5) is 9.52 Å². The first-order valence-electron chi connectivity index (χ1n) is 7.13. The molecule has 0 fully saturated rings. The topological polar surface area (TPSA) is 101 Å². The Morgan fingerprint density at radius 3 is 2.76 bits per heavy atom. The number of anilines is 1. The van der Waals surface area contributed by atoms with Gasteiger partial charge in [-0.15, -0.1) is 23.1 Å². The van der Waals surface area contributed by atoms with Gasteiger partial charge in [0.2, 0.25) is 5.91 Å². The van der Waals surface area contributed by atoms with E-state index in [4.69, 9.17) is 5.73 Å². The first-order valence-corrected chi connectivity index (χ1v) is 9.00. The second kappa shape index (κ2) is 7.49. The van der Waals surface area contributed by atoms with Gasteiger partial charge in [0.1, 0.15) is 11.5 Å². The summed E-state index contributed by atoms with van der Waals surface area (Å²) in [6.45, 7) is 0. The summed E-state index contributed by atoms with van der Waals surface area (Å²) in [6, 6.07) is 7.55. The maximum absolute atomic E-state index is 12.8. The molecule has 0 saturated heterocycles. The number of aromatic nitrogens is 2. The van der Waals surface area contributed by atoms with E-state index in [-0.39, 0.29) is 17.5 Å². The van der Waals surface area contributed by atoms with Crippen LogP contribution in [0.1, 0.15) is 10.5 Å². The minimum atomic E-state index is -0.548. The fraction of sp³-hybridized carbons (Fsp3) is 0.0625. The lowest BCUT2D eigenvalue weighted by atomic mass is 10.2. The van der Waals surface area contributed by atoms with Crippen molar-refractivity contribution < 1.29 is 14.0 Å². The van der Waals surface area contributed by atoms with Crippen LogP contribution in [-0.4, -0.2) is 27.5 Å². The Morgan fingerprint density at radius 1 is 1.32 bits per heavy atom. The second-order valence-electron chi connectivity index (χ2n) is 4.99. The fourth-order valence-corrected chi connectivity index (χ4v) is 3.42. The minimum absolute atomic E-state index is 0.191. The van der Waals surface area contributed by atoms with Gasteiger partial charge in [0.05, 0.1) is 11.4 Å². The summed E-state index contributed by atoms with van der Waals surface area (Å²) < 4.78 is 12.8. The number of hydrogen-bond acceptors (Lipinski definition) is 5. The number of H-pyrrole nitrogens is 1. The Kier molecular flexibility index (Phi) is 5.15. The van der Waals surface area contributed by atoms with Gasteiger partial charge in [-0.1, -0.05) is 0 Å². The van der Waals surface area contributed by atoms with E-state index in [0.29, 0.717) is 22.1 Å². The Balaban J connectivity index is 1.57. The third-order valence-corrected chi connectivity index (χ3v) is 4.95. The molecule has 3 aromatic rings. The molecule has 1 aromatic carbocycles. The molecule has 0 aliphatic heterocycles. The van der Waals surface area contributed by atoms with Crippen molar-refractivity contribution in [2.24, 2.45) is 5.73 Å².